The lowest BCUT2D eigenvalue weighted by atomic mass is 9.91. The first-order valence-corrected chi connectivity index (χ1v) is 8.78. The summed E-state index contributed by atoms with van der Waals surface area (Å²) in [6.07, 6.45) is 13.4. The highest BCUT2D eigenvalue weighted by atomic mass is 14.1. The van der Waals surface area contributed by atoms with Gasteiger partial charge in [0.05, 0.1) is 0 Å². The molecule has 2 rings (SSSR count). The molecular formula is C25H28. The van der Waals surface area contributed by atoms with Crippen LogP contribution < -0.4 is 0 Å². The number of hydrogen-bond donors (Lipinski definition) is 0. The van der Waals surface area contributed by atoms with Gasteiger partial charge in [0, 0.05) is 0 Å². The number of benzene rings is 2. The van der Waals surface area contributed by atoms with Crippen LogP contribution >= 0.6 is 0 Å². The van der Waals surface area contributed by atoms with E-state index in [2.05, 4.69) is 89.4 Å². The van der Waals surface area contributed by atoms with Crippen LogP contribution in [0.4, 0.5) is 0 Å². The number of rotatable bonds is 6. The molecular weight excluding hydrogens is 300 g/mol. The Balaban J connectivity index is 2.63. The Morgan fingerprint density at radius 2 is 1.60 bits per heavy atom. The molecule has 0 fully saturated rings. The first kappa shape index (κ1) is 18.7. The van der Waals surface area contributed by atoms with Crippen LogP contribution in [0.2, 0.25) is 0 Å². The summed E-state index contributed by atoms with van der Waals surface area (Å²) in [5.74, 6) is 0. The van der Waals surface area contributed by atoms with Crippen molar-refractivity contribution in [2.24, 2.45) is 0 Å². The van der Waals surface area contributed by atoms with Crippen molar-refractivity contribution < 1.29 is 0 Å². The van der Waals surface area contributed by atoms with Gasteiger partial charge in [0.2, 0.25) is 0 Å². The molecule has 128 valence electrons. The number of allylic oxidation sites excluding steroid dienone is 6. The van der Waals surface area contributed by atoms with E-state index in [1.54, 1.807) is 0 Å². The monoisotopic (exact) mass is 328 g/mol. The molecule has 0 aliphatic rings. The third-order valence-corrected chi connectivity index (χ3v) is 4.37. The second-order valence-electron chi connectivity index (χ2n) is 6.64. The summed E-state index contributed by atoms with van der Waals surface area (Å²) in [5.41, 5.74) is 7.51. The molecule has 0 bridgehead atoms. The molecule has 25 heavy (non-hydrogen) atoms. The summed E-state index contributed by atoms with van der Waals surface area (Å²) in [7, 11) is 0. The molecule has 0 heterocycles. The van der Waals surface area contributed by atoms with Gasteiger partial charge in [0.1, 0.15) is 0 Å². The number of fused-ring (bicyclic) bond motifs is 1. The van der Waals surface area contributed by atoms with Gasteiger partial charge >= 0.3 is 0 Å². The number of aryl methyl sites for hydroxylation is 1. The summed E-state index contributed by atoms with van der Waals surface area (Å²) < 4.78 is 0. The third kappa shape index (κ3) is 4.48. The highest BCUT2D eigenvalue weighted by Gasteiger charge is 2.08. The Bertz CT molecular complexity index is 882. The van der Waals surface area contributed by atoms with Crippen molar-refractivity contribution in [1.82, 2.24) is 0 Å². The lowest BCUT2D eigenvalue weighted by molar-refractivity contribution is 1.21. The SMILES string of the molecule is C=Cc1cc2c(C)ccc(CC(/C=C\C)=C/C=C(C)C)c2cc1C=C. The summed E-state index contributed by atoms with van der Waals surface area (Å²) in [5, 5.41) is 2.59. The Morgan fingerprint density at radius 3 is 2.16 bits per heavy atom. The molecule has 0 unspecified atom stereocenters. The van der Waals surface area contributed by atoms with Crippen molar-refractivity contribution in [2.75, 3.05) is 0 Å². The second-order valence-corrected chi connectivity index (χ2v) is 6.64. The zero-order valence-electron chi connectivity index (χ0n) is 15.9. The van der Waals surface area contributed by atoms with E-state index < -0.39 is 0 Å². The van der Waals surface area contributed by atoms with Gasteiger partial charge in [-0.15, -0.1) is 0 Å². The topological polar surface area (TPSA) is 0 Å². The van der Waals surface area contributed by atoms with Crippen LogP contribution in [-0.4, -0.2) is 0 Å². The molecule has 0 heteroatoms. The van der Waals surface area contributed by atoms with E-state index in [1.807, 2.05) is 12.2 Å². The number of hydrogen-bond acceptors (Lipinski definition) is 0. The Kier molecular flexibility index (Phi) is 6.36. The van der Waals surface area contributed by atoms with E-state index >= 15 is 0 Å². The minimum absolute atomic E-state index is 0.912. The maximum atomic E-state index is 3.96. The van der Waals surface area contributed by atoms with Gasteiger partial charge in [0.25, 0.3) is 0 Å². The van der Waals surface area contributed by atoms with E-state index in [9.17, 15) is 0 Å². The average molecular weight is 328 g/mol. The molecule has 0 saturated carbocycles. The van der Waals surface area contributed by atoms with Gasteiger partial charge in [-0.25, -0.2) is 0 Å². The van der Waals surface area contributed by atoms with Crippen molar-refractivity contribution in [3.8, 4) is 0 Å². The smallest absolute Gasteiger partial charge is 0.00197 e. The molecule has 0 radical (unpaired) electrons. The first-order chi connectivity index (χ1) is 12.0. The molecule has 2 aromatic rings. The van der Waals surface area contributed by atoms with Crippen LogP contribution in [0.5, 0.6) is 0 Å². The molecule has 0 N–H and O–H groups in total. The van der Waals surface area contributed by atoms with E-state index in [0.29, 0.717) is 0 Å². The Morgan fingerprint density at radius 1 is 0.960 bits per heavy atom. The summed E-state index contributed by atoms with van der Waals surface area (Å²) >= 11 is 0. The Hall–Kier alpha value is -2.60. The fourth-order valence-electron chi connectivity index (χ4n) is 3.02. The first-order valence-electron chi connectivity index (χ1n) is 8.78. The van der Waals surface area contributed by atoms with Crippen molar-refractivity contribution >= 4 is 22.9 Å². The lowest BCUT2D eigenvalue weighted by Crippen LogP contribution is -1.94. The highest BCUT2D eigenvalue weighted by molar-refractivity contribution is 5.93. The molecule has 0 nitrogen and oxygen atoms in total. The predicted octanol–water partition coefficient (Wildman–Crippen LogP) is 7.45. The van der Waals surface area contributed by atoms with Crippen LogP contribution in [0.15, 0.2) is 72.9 Å². The highest BCUT2D eigenvalue weighted by Crippen LogP contribution is 2.29. The predicted molar refractivity (Wildman–Crippen MR) is 115 cm³/mol. The van der Waals surface area contributed by atoms with Gasteiger partial charge in [-0.05, 0) is 84.8 Å². The molecule has 0 saturated heterocycles. The quantitative estimate of drug-likeness (QED) is 0.483. The van der Waals surface area contributed by atoms with Crippen LogP contribution in [-0.2, 0) is 6.42 Å². The third-order valence-electron chi connectivity index (χ3n) is 4.37. The van der Waals surface area contributed by atoms with Crippen LogP contribution in [0.25, 0.3) is 22.9 Å². The van der Waals surface area contributed by atoms with Gasteiger partial charge in [-0.2, -0.15) is 0 Å². The maximum absolute atomic E-state index is 3.96. The molecule has 0 spiro atoms. The van der Waals surface area contributed by atoms with Crippen molar-refractivity contribution in [3.05, 3.63) is 95.1 Å². The van der Waals surface area contributed by atoms with Gasteiger partial charge < -0.3 is 0 Å². The summed E-state index contributed by atoms with van der Waals surface area (Å²) in [6.45, 7) is 16.4. The minimum Gasteiger partial charge on any atom is -0.0984 e. The van der Waals surface area contributed by atoms with E-state index in [0.717, 1.165) is 17.5 Å². The fourth-order valence-corrected chi connectivity index (χ4v) is 3.02. The zero-order chi connectivity index (χ0) is 18.4. The largest absolute Gasteiger partial charge is 0.0984 e. The molecule has 2 aromatic carbocycles. The van der Waals surface area contributed by atoms with Crippen LogP contribution in [0.1, 0.15) is 43.0 Å². The van der Waals surface area contributed by atoms with E-state index in [1.165, 1.54) is 33.0 Å². The van der Waals surface area contributed by atoms with Crippen molar-refractivity contribution in [1.29, 1.82) is 0 Å². The maximum Gasteiger partial charge on any atom is -0.00197 e. The Labute approximate surface area is 152 Å². The molecule has 0 amide bonds. The molecule has 0 atom stereocenters. The van der Waals surface area contributed by atoms with Crippen LogP contribution in [0.3, 0.4) is 0 Å². The van der Waals surface area contributed by atoms with Gasteiger partial charge in [-0.3, -0.25) is 0 Å². The lowest BCUT2D eigenvalue weighted by Gasteiger charge is -2.13. The summed E-state index contributed by atoms with van der Waals surface area (Å²) in [4.78, 5) is 0. The standard InChI is InChI=1S/C25H28/c1-7-10-20(13-11-18(4)5)15-23-14-12-19(6)24-16-21(8-2)22(9-3)17-25(23)24/h7-14,16-17H,2-3,15H2,1,4-6H3/b10-7-,20-13+. The van der Waals surface area contributed by atoms with E-state index in [4.69, 9.17) is 0 Å². The van der Waals surface area contributed by atoms with E-state index in [-0.39, 0.29) is 0 Å². The molecule has 0 aromatic heterocycles. The van der Waals surface area contributed by atoms with Crippen LogP contribution in [0, 0.1) is 6.92 Å². The summed E-state index contributed by atoms with van der Waals surface area (Å²) in [6, 6.07) is 8.94. The fraction of sp³-hybridized carbons (Fsp3) is 0.200. The average Bonchev–Trinajstić information content (AvgIpc) is 2.61. The molecule has 0 aliphatic carbocycles. The van der Waals surface area contributed by atoms with Gasteiger partial charge in [-0.1, -0.05) is 67.3 Å². The normalized spacial score (nSPS) is 11.8. The van der Waals surface area contributed by atoms with Gasteiger partial charge in [0.15, 0.2) is 0 Å². The molecule has 0 aliphatic heterocycles. The van der Waals surface area contributed by atoms with Crippen molar-refractivity contribution in [3.63, 3.8) is 0 Å². The second kappa shape index (κ2) is 8.48. The zero-order valence-corrected chi connectivity index (χ0v) is 15.9. The van der Waals surface area contributed by atoms with Crippen molar-refractivity contribution in [2.45, 2.75) is 34.1 Å². The minimum atomic E-state index is 0.912.